The molecule has 0 saturated heterocycles. The molecule has 132 valence electrons. The Morgan fingerprint density at radius 1 is 1.25 bits per heavy atom. The van der Waals surface area contributed by atoms with Crippen LogP contribution in [0, 0.1) is 0 Å². The number of nitrogens with one attached hydrogen (secondary N) is 2. The molecule has 0 aliphatic carbocycles. The van der Waals surface area contributed by atoms with E-state index >= 15 is 0 Å². The number of carbonyl (C=O) groups excluding carboxylic acids is 1. The van der Waals surface area contributed by atoms with E-state index in [1.54, 1.807) is 10.9 Å². The molecule has 1 atom stereocenters. The number of anilines is 1. The number of hydrogen-bond acceptors (Lipinski definition) is 4. The maximum Gasteiger partial charge on any atom is 0.319 e. The highest BCUT2D eigenvalue weighted by molar-refractivity contribution is 5.88. The number of carbonyl (C=O) groups is 1. The maximum absolute atomic E-state index is 12.1. The van der Waals surface area contributed by atoms with Gasteiger partial charge in [0.1, 0.15) is 0 Å². The summed E-state index contributed by atoms with van der Waals surface area (Å²) in [5, 5.41) is 14.2. The van der Waals surface area contributed by atoms with Crippen LogP contribution in [-0.2, 0) is 12.6 Å². The Bertz CT molecular complexity index is 681. The van der Waals surface area contributed by atoms with Crippen LogP contribution in [-0.4, -0.2) is 51.1 Å². The van der Waals surface area contributed by atoms with Crippen molar-refractivity contribution in [2.45, 2.75) is 32.4 Å². The van der Waals surface area contributed by atoms with E-state index in [1.807, 2.05) is 44.4 Å². The predicted molar refractivity (Wildman–Crippen MR) is 93.9 cm³/mol. The Hall–Kier alpha value is -2.35. The molecule has 8 nitrogen and oxygen atoms in total. The molecule has 0 radical (unpaired) electrons. The van der Waals surface area contributed by atoms with Crippen molar-refractivity contribution in [2.75, 3.05) is 26.0 Å². The van der Waals surface area contributed by atoms with Crippen LogP contribution in [0.1, 0.15) is 32.4 Å². The lowest BCUT2D eigenvalue weighted by Crippen LogP contribution is -2.36. The first kappa shape index (κ1) is 18.0. The highest BCUT2D eigenvalue weighted by atomic mass is 16.2. The van der Waals surface area contributed by atoms with Gasteiger partial charge in [-0.15, -0.1) is 0 Å². The summed E-state index contributed by atoms with van der Waals surface area (Å²) in [6, 6.07) is -0.194. The Kier molecular flexibility index (Phi) is 5.28. The molecule has 0 saturated carbocycles. The van der Waals surface area contributed by atoms with E-state index in [1.165, 1.54) is 0 Å². The van der Waals surface area contributed by atoms with Crippen molar-refractivity contribution in [2.24, 2.45) is 7.05 Å². The van der Waals surface area contributed by atoms with Gasteiger partial charge in [0.2, 0.25) is 0 Å². The number of urea groups is 1. The molecule has 8 heteroatoms. The first-order chi connectivity index (χ1) is 11.2. The Balaban J connectivity index is 1.93. The third kappa shape index (κ3) is 4.58. The average molecular weight is 333 g/mol. The summed E-state index contributed by atoms with van der Waals surface area (Å²) >= 11 is 0. The Morgan fingerprint density at radius 2 is 1.96 bits per heavy atom. The topological polar surface area (TPSA) is 80.0 Å². The quantitative estimate of drug-likeness (QED) is 0.874. The number of rotatable bonds is 5. The molecule has 0 aliphatic rings. The Labute approximate surface area is 142 Å². The fourth-order valence-corrected chi connectivity index (χ4v) is 2.33. The predicted octanol–water partition coefficient (Wildman–Crippen LogP) is 1.80. The zero-order valence-corrected chi connectivity index (χ0v) is 15.2. The van der Waals surface area contributed by atoms with E-state index in [0.29, 0.717) is 12.2 Å². The van der Waals surface area contributed by atoms with Crippen LogP contribution < -0.4 is 10.6 Å². The van der Waals surface area contributed by atoms with Crippen molar-refractivity contribution in [1.82, 2.24) is 29.8 Å². The first-order valence-electron chi connectivity index (χ1n) is 7.92. The summed E-state index contributed by atoms with van der Waals surface area (Å²) in [6.45, 7) is 6.65. The standard InChI is InChI=1S/C16H27N7O/c1-16(2,3)23-11-13(8-19-23)20-15(24)17-9-14(21(4)5)12-7-18-22(6)10-12/h7-8,10-11,14H,9H2,1-6H3,(H2,17,20,24)/t14-/m1/s1. The summed E-state index contributed by atoms with van der Waals surface area (Å²) in [5.74, 6) is 0. The molecule has 2 aromatic heterocycles. The molecule has 2 amide bonds. The van der Waals surface area contributed by atoms with Gasteiger partial charge >= 0.3 is 6.03 Å². The second kappa shape index (κ2) is 7.04. The largest absolute Gasteiger partial charge is 0.336 e. The molecule has 0 spiro atoms. The molecule has 0 bridgehead atoms. The number of hydrogen-bond donors (Lipinski definition) is 2. The lowest BCUT2D eigenvalue weighted by atomic mass is 10.1. The van der Waals surface area contributed by atoms with Crippen molar-refractivity contribution in [3.63, 3.8) is 0 Å². The van der Waals surface area contributed by atoms with Gasteiger partial charge in [-0.2, -0.15) is 10.2 Å². The van der Waals surface area contributed by atoms with Gasteiger partial charge in [-0.05, 0) is 34.9 Å². The first-order valence-corrected chi connectivity index (χ1v) is 7.92. The highest BCUT2D eigenvalue weighted by Gasteiger charge is 2.18. The molecule has 2 rings (SSSR count). The van der Waals surface area contributed by atoms with E-state index in [-0.39, 0.29) is 17.6 Å². The van der Waals surface area contributed by atoms with Gasteiger partial charge in [0.15, 0.2) is 0 Å². The SMILES string of the molecule is CN(C)[C@H](CNC(=O)Nc1cnn(C(C)(C)C)c1)c1cnn(C)c1. The van der Waals surface area contributed by atoms with E-state index in [4.69, 9.17) is 0 Å². The second-order valence-electron chi connectivity index (χ2n) is 7.11. The van der Waals surface area contributed by atoms with Crippen molar-refractivity contribution in [3.8, 4) is 0 Å². The second-order valence-corrected chi connectivity index (χ2v) is 7.11. The number of aromatic nitrogens is 4. The number of likely N-dealkylation sites (N-methyl/N-ethyl adjacent to an activating group) is 1. The highest BCUT2D eigenvalue weighted by Crippen LogP contribution is 2.17. The smallest absolute Gasteiger partial charge is 0.319 e. The molecule has 2 aromatic rings. The summed E-state index contributed by atoms with van der Waals surface area (Å²) in [6.07, 6.45) is 7.24. The van der Waals surface area contributed by atoms with Crippen LogP contribution in [0.4, 0.5) is 10.5 Å². The van der Waals surface area contributed by atoms with Gasteiger partial charge in [0.25, 0.3) is 0 Å². The van der Waals surface area contributed by atoms with Gasteiger partial charge in [-0.1, -0.05) is 0 Å². The minimum Gasteiger partial charge on any atom is -0.336 e. The van der Waals surface area contributed by atoms with E-state index in [9.17, 15) is 4.79 Å². The number of nitrogens with zero attached hydrogens (tertiary/aromatic N) is 5. The van der Waals surface area contributed by atoms with Crippen LogP contribution in [0.25, 0.3) is 0 Å². The van der Waals surface area contributed by atoms with E-state index in [2.05, 4.69) is 46.5 Å². The van der Waals surface area contributed by atoms with Crippen LogP contribution in [0.2, 0.25) is 0 Å². The summed E-state index contributed by atoms with van der Waals surface area (Å²) in [5.41, 5.74) is 1.61. The lowest BCUT2D eigenvalue weighted by Gasteiger charge is -2.23. The third-order valence-electron chi connectivity index (χ3n) is 3.72. The van der Waals surface area contributed by atoms with Crippen LogP contribution in [0.15, 0.2) is 24.8 Å². The molecule has 24 heavy (non-hydrogen) atoms. The normalized spacial score (nSPS) is 13.1. The van der Waals surface area contributed by atoms with Crippen molar-refractivity contribution in [1.29, 1.82) is 0 Å². The zero-order valence-electron chi connectivity index (χ0n) is 15.2. The summed E-state index contributed by atoms with van der Waals surface area (Å²) in [4.78, 5) is 14.2. The van der Waals surface area contributed by atoms with Gasteiger partial charge in [-0.3, -0.25) is 9.36 Å². The van der Waals surface area contributed by atoms with Crippen LogP contribution in [0.3, 0.4) is 0 Å². The molecule has 0 aliphatic heterocycles. The summed E-state index contributed by atoms with van der Waals surface area (Å²) < 4.78 is 3.58. The molecular weight excluding hydrogens is 306 g/mol. The van der Waals surface area contributed by atoms with E-state index < -0.39 is 0 Å². The fourth-order valence-electron chi connectivity index (χ4n) is 2.33. The minimum atomic E-state index is -0.251. The lowest BCUT2D eigenvalue weighted by molar-refractivity contribution is 0.243. The van der Waals surface area contributed by atoms with E-state index in [0.717, 1.165) is 5.56 Å². The molecule has 2 heterocycles. The van der Waals surface area contributed by atoms with Crippen LogP contribution >= 0.6 is 0 Å². The fraction of sp³-hybridized carbons (Fsp3) is 0.562. The maximum atomic E-state index is 12.1. The third-order valence-corrected chi connectivity index (χ3v) is 3.72. The molecule has 0 unspecified atom stereocenters. The van der Waals surface area contributed by atoms with Gasteiger partial charge in [0, 0.05) is 31.5 Å². The molecule has 2 N–H and O–H groups in total. The van der Waals surface area contributed by atoms with Gasteiger partial charge in [-0.25, -0.2) is 4.79 Å². The minimum absolute atomic E-state index is 0.0572. The van der Waals surface area contributed by atoms with Crippen molar-refractivity contribution in [3.05, 3.63) is 30.4 Å². The van der Waals surface area contributed by atoms with Crippen LogP contribution in [0.5, 0.6) is 0 Å². The van der Waals surface area contributed by atoms with Gasteiger partial charge < -0.3 is 15.5 Å². The molecular formula is C16H27N7O. The average Bonchev–Trinajstić information content (AvgIpc) is 3.07. The van der Waals surface area contributed by atoms with Crippen molar-refractivity contribution < 1.29 is 4.79 Å². The monoisotopic (exact) mass is 333 g/mol. The molecule has 0 aromatic carbocycles. The Morgan fingerprint density at radius 3 is 2.46 bits per heavy atom. The molecule has 0 fully saturated rings. The number of amides is 2. The van der Waals surface area contributed by atoms with Gasteiger partial charge in [0.05, 0.1) is 29.7 Å². The number of aryl methyl sites for hydroxylation is 1. The zero-order chi connectivity index (χ0) is 17.9. The van der Waals surface area contributed by atoms with Crippen molar-refractivity contribution >= 4 is 11.7 Å². The summed E-state index contributed by atoms with van der Waals surface area (Å²) in [7, 11) is 5.83.